The molecule has 7 nitrogen and oxygen atoms in total. The van der Waals surface area contributed by atoms with E-state index in [1.807, 2.05) is 36.4 Å². The van der Waals surface area contributed by atoms with Crippen LogP contribution in [0.3, 0.4) is 0 Å². The van der Waals surface area contributed by atoms with E-state index < -0.39 is 0 Å². The standard InChI is InChI=1S/C23H19BrN6O/c1-2-12-26-21-28-22(27-17-9-6-15(14-25)7-10-17)30-23(29-21)31-18-11-8-16-4-3-5-20(24)19(16)13-18/h3-11,13H,2,12H2,1H3,(H2,26,27,28,29,30). The Labute approximate surface area is 188 Å². The maximum absolute atomic E-state index is 8.97. The van der Waals surface area contributed by atoms with Gasteiger partial charge in [0.15, 0.2) is 0 Å². The predicted octanol–water partition coefficient (Wildman–Crippen LogP) is 6.02. The lowest BCUT2D eigenvalue weighted by molar-refractivity contribution is 0.442. The van der Waals surface area contributed by atoms with Crippen LogP contribution in [0.2, 0.25) is 0 Å². The molecule has 3 aromatic carbocycles. The van der Waals surface area contributed by atoms with E-state index in [1.165, 1.54) is 0 Å². The van der Waals surface area contributed by atoms with Crippen molar-refractivity contribution in [2.24, 2.45) is 0 Å². The molecule has 154 valence electrons. The topological polar surface area (TPSA) is 95.8 Å². The number of halogens is 1. The zero-order chi connectivity index (χ0) is 21.6. The van der Waals surface area contributed by atoms with Gasteiger partial charge < -0.3 is 15.4 Å². The summed E-state index contributed by atoms with van der Waals surface area (Å²) in [5, 5.41) is 17.4. The highest BCUT2D eigenvalue weighted by Gasteiger charge is 2.10. The van der Waals surface area contributed by atoms with Crippen LogP contribution in [-0.4, -0.2) is 21.5 Å². The molecule has 0 aliphatic carbocycles. The van der Waals surface area contributed by atoms with Crippen molar-refractivity contribution in [3.63, 3.8) is 0 Å². The summed E-state index contributed by atoms with van der Waals surface area (Å²) in [6, 6.07) is 21.1. The average Bonchev–Trinajstić information content (AvgIpc) is 2.79. The summed E-state index contributed by atoms with van der Waals surface area (Å²) in [4.78, 5) is 13.2. The van der Waals surface area contributed by atoms with E-state index in [2.05, 4.69) is 54.5 Å². The average molecular weight is 475 g/mol. The quantitative estimate of drug-likeness (QED) is 0.338. The fourth-order valence-electron chi connectivity index (χ4n) is 2.91. The van der Waals surface area contributed by atoms with Crippen molar-refractivity contribution in [3.05, 3.63) is 70.7 Å². The molecule has 0 aliphatic heterocycles. The molecule has 0 unspecified atom stereocenters. The fraction of sp³-hybridized carbons (Fsp3) is 0.130. The molecule has 0 amide bonds. The van der Waals surface area contributed by atoms with Crippen molar-refractivity contribution in [2.75, 3.05) is 17.2 Å². The molecule has 0 saturated heterocycles. The van der Waals surface area contributed by atoms with Gasteiger partial charge in [0.2, 0.25) is 11.9 Å². The molecule has 31 heavy (non-hydrogen) atoms. The number of ether oxygens (including phenoxy) is 1. The molecule has 0 atom stereocenters. The third-order valence-electron chi connectivity index (χ3n) is 4.43. The molecule has 2 N–H and O–H groups in total. The van der Waals surface area contributed by atoms with E-state index >= 15 is 0 Å². The second-order valence-electron chi connectivity index (χ2n) is 6.73. The molecule has 0 aliphatic rings. The van der Waals surface area contributed by atoms with E-state index in [-0.39, 0.29) is 6.01 Å². The predicted molar refractivity (Wildman–Crippen MR) is 125 cm³/mol. The molecular formula is C23H19BrN6O. The van der Waals surface area contributed by atoms with Gasteiger partial charge in [-0.25, -0.2) is 0 Å². The number of fused-ring (bicyclic) bond motifs is 1. The second kappa shape index (κ2) is 9.41. The lowest BCUT2D eigenvalue weighted by Crippen LogP contribution is -2.08. The Kier molecular flexibility index (Phi) is 6.24. The Balaban J connectivity index is 1.63. The number of benzene rings is 3. The molecule has 0 saturated carbocycles. The van der Waals surface area contributed by atoms with Gasteiger partial charge >= 0.3 is 6.01 Å². The summed E-state index contributed by atoms with van der Waals surface area (Å²) < 4.78 is 6.96. The van der Waals surface area contributed by atoms with Gasteiger partial charge in [0.05, 0.1) is 11.6 Å². The van der Waals surface area contributed by atoms with E-state index in [0.29, 0.717) is 23.2 Å². The minimum absolute atomic E-state index is 0.177. The molecule has 0 spiro atoms. The minimum atomic E-state index is 0.177. The van der Waals surface area contributed by atoms with Crippen LogP contribution in [-0.2, 0) is 0 Å². The summed E-state index contributed by atoms with van der Waals surface area (Å²) >= 11 is 3.58. The summed E-state index contributed by atoms with van der Waals surface area (Å²) in [5.41, 5.74) is 1.34. The Morgan fingerprint density at radius 2 is 1.81 bits per heavy atom. The van der Waals surface area contributed by atoms with Gasteiger partial charge in [0.25, 0.3) is 0 Å². The van der Waals surface area contributed by atoms with Crippen LogP contribution in [0.25, 0.3) is 10.8 Å². The molecule has 1 heterocycles. The maximum Gasteiger partial charge on any atom is 0.328 e. The maximum atomic E-state index is 8.97. The fourth-order valence-corrected chi connectivity index (χ4v) is 3.41. The highest BCUT2D eigenvalue weighted by molar-refractivity contribution is 9.10. The van der Waals surface area contributed by atoms with Crippen molar-refractivity contribution < 1.29 is 4.74 Å². The lowest BCUT2D eigenvalue weighted by atomic mass is 10.1. The van der Waals surface area contributed by atoms with Crippen LogP contribution in [0.15, 0.2) is 65.1 Å². The van der Waals surface area contributed by atoms with Gasteiger partial charge in [-0.2, -0.15) is 20.2 Å². The molecule has 4 rings (SSSR count). The van der Waals surface area contributed by atoms with Crippen molar-refractivity contribution >= 4 is 44.3 Å². The number of rotatable bonds is 7. The van der Waals surface area contributed by atoms with Gasteiger partial charge in [-0.15, -0.1) is 0 Å². The summed E-state index contributed by atoms with van der Waals surface area (Å²) in [6.07, 6.45) is 0.930. The second-order valence-corrected chi connectivity index (χ2v) is 7.59. The van der Waals surface area contributed by atoms with Gasteiger partial charge in [-0.1, -0.05) is 41.1 Å². The molecule has 0 radical (unpaired) electrons. The van der Waals surface area contributed by atoms with Crippen LogP contribution in [0.1, 0.15) is 18.9 Å². The SMILES string of the molecule is CCCNc1nc(Nc2ccc(C#N)cc2)nc(Oc2ccc3cccc(Br)c3c2)n1. The van der Waals surface area contributed by atoms with E-state index in [0.717, 1.165) is 33.9 Å². The van der Waals surface area contributed by atoms with Crippen molar-refractivity contribution in [1.29, 1.82) is 5.26 Å². The molecule has 4 aromatic rings. The molecular weight excluding hydrogens is 456 g/mol. The van der Waals surface area contributed by atoms with Crippen LogP contribution in [0.4, 0.5) is 17.6 Å². The third kappa shape index (κ3) is 5.08. The Morgan fingerprint density at radius 1 is 1.00 bits per heavy atom. The molecule has 8 heteroatoms. The number of aromatic nitrogens is 3. The number of anilines is 3. The van der Waals surface area contributed by atoms with Gasteiger partial charge in [-0.05, 0) is 59.7 Å². The number of hydrogen-bond donors (Lipinski definition) is 2. The van der Waals surface area contributed by atoms with E-state index in [9.17, 15) is 0 Å². The summed E-state index contributed by atoms with van der Waals surface area (Å²) in [7, 11) is 0. The van der Waals surface area contributed by atoms with Crippen LogP contribution in [0, 0.1) is 11.3 Å². The Morgan fingerprint density at radius 3 is 2.58 bits per heavy atom. The van der Waals surface area contributed by atoms with E-state index in [4.69, 9.17) is 10.00 Å². The molecule has 0 bridgehead atoms. The van der Waals surface area contributed by atoms with E-state index in [1.54, 1.807) is 24.3 Å². The first-order valence-electron chi connectivity index (χ1n) is 9.78. The zero-order valence-corrected chi connectivity index (χ0v) is 18.3. The number of nitriles is 1. The van der Waals surface area contributed by atoms with Gasteiger partial charge in [0, 0.05) is 16.7 Å². The summed E-state index contributed by atoms with van der Waals surface area (Å²) in [5.74, 6) is 1.39. The van der Waals surface area contributed by atoms with Crippen LogP contribution < -0.4 is 15.4 Å². The molecule has 0 fully saturated rings. The number of nitrogens with one attached hydrogen (secondary N) is 2. The van der Waals surface area contributed by atoms with Crippen LogP contribution >= 0.6 is 15.9 Å². The monoisotopic (exact) mass is 474 g/mol. The smallest absolute Gasteiger partial charge is 0.328 e. The summed E-state index contributed by atoms with van der Waals surface area (Å²) in [6.45, 7) is 2.79. The third-order valence-corrected chi connectivity index (χ3v) is 5.12. The highest BCUT2D eigenvalue weighted by Crippen LogP contribution is 2.29. The highest BCUT2D eigenvalue weighted by atomic mass is 79.9. The number of hydrogen-bond acceptors (Lipinski definition) is 7. The lowest BCUT2D eigenvalue weighted by Gasteiger charge is -2.11. The molecule has 1 aromatic heterocycles. The van der Waals surface area contributed by atoms with Gasteiger partial charge in [-0.3, -0.25) is 0 Å². The normalized spacial score (nSPS) is 10.5. The van der Waals surface area contributed by atoms with Crippen molar-refractivity contribution in [2.45, 2.75) is 13.3 Å². The van der Waals surface area contributed by atoms with Gasteiger partial charge in [0.1, 0.15) is 5.75 Å². The first-order valence-corrected chi connectivity index (χ1v) is 10.6. The largest absolute Gasteiger partial charge is 0.424 e. The first-order chi connectivity index (χ1) is 15.1. The van der Waals surface area contributed by atoms with Crippen LogP contribution in [0.5, 0.6) is 11.8 Å². The zero-order valence-electron chi connectivity index (χ0n) is 16.8. The Bertz CT molecular complexity index is 1250. The van der Waals surface area contributed by atoms with Crippen molar-refractivity contribution in [1.82, 2.24) is 15.0 Å². The Hall–Kier alpha value is -3.70. The first kappa shape index (κ1) is 20.6. The van der Waals surface area contributed by atoms with Crippen molar-refractivity contribution in [3.8, 4) is 17.8 Å². The number of nitrogens with zero attached hydrogens (tertiary/aromatic N) is 4. The minimum Gasteiger partial charge on any atom is -0.424 e.